The third-order valence-corrected chi connectivity index (χ3v) is 3.35. The fraction of sp³-hybridized carbons (Fsp3) is 0.375. The minimum absolute atomic E-state index is 0.0555. The molecule has 2 atom stereocenters. The van der Waals surface area contributed by atoms with E-state index in [0.717, 1.165) is 11.3 Å². The first-order chi connectivity index (χ1) is 10.1. The number of ether oxygens (including phenoxy) is 1. The summed E-state index contributed by atoms with van der Waals surface area (Å²) >= 11 is 0. The SMILES string of the molecule is CCOc1ccc([C@@H](C)NC(=O)[C@@H](C)n2cccn2)cc1. The van der Waals surface area contributed by atoms with Crippen LogP contribution in [0.4, 0.5) is 0 Å². The van der Waals surface area contributed by atoms with Crippen LogP contribution in [-0.2, 0) is 4.79 Å². The van der Waals surface area contributed by atoms with Crippen molar-refractivity contribution in [3.05, 3.63) is 48.3 Å². The lowest BCUT2D eigenvalue weighted by atomic mass is 10.1. The van der Waals surface area contributed by atoms with Gasteiger partial charge in [0.05, 0.1) is 12.6 Å². The normalized spacial score (nSPS) is 13.5. The zero-order valence-corrected chi connectivity index (χ0v) is 12.6. The number of amides is 1. The van der Waals surface area contributed by atoms with Crippen molar-refractivity contribution in [3.8, 4) is 5.75 Å². The molecule has 112 valence electrons. The van der Waals surface area contributed by atoms with Gasteiger partial charge in [-0.3, -0.25) is 9.48 Å². The maximum atomic E-state index is 12.2. The molecular weight excluding hydrogens is 266 g/mol. The molecule has 0 aliphatic heterocycles. The summed E-state index contributed by atoms with van der Waals surface area (Å²) in [5, 5.41) is 7.08. The molecule has 1 aromatic carbocycles. The van der Waals surface area contributed by atoms with Gasteiger partial charge in [-0.05, 0) is 44.5 Å². The lowest BCUT2D eigenvalue weighted by Crippen LogP contribution is -2.33. The van der Waals surface area contributed by atoms with Crippen molar-refractivity contribution < 1.29 is 9.53 Å². The second kappa shape index (κ2) is 6.92. The Hall–Kier alpha value is -2.30. The zero-order chi connectivity index (χ0) is 15.2. The predicted octanol–water partition coefficient (Wildman–Crippen LogP) is 2.72. The van der Waals surface area contributed by atoms with Crippen LogP contribution in [0.25, 0.3) is 0 Å². The van der Waals surface area contributed by atoms with Gasteiger partial charge < -0.3 is 10.1 Å². The summed E-state index contributed by atoms with van der Waals surface area (Å²) in [6.45, 7) is 6.39. The maximum absolute atomic E-state index is 12.2. The molecule has 0 bridgehead atoms. The Kier molecular flexibility index (Phi) is 4.98. The van der Waals surface area contributed by atoms with Crippen molar-refractivity contribution in [2.24, 2.45) is 0 Å². The van der Waals surface area contributed by atoms with E-state index in [4.69, 9.17) is 4.74 Å². The van der Waals surface area contributed by atoms with Crippen LogP contribution in [-0.4, -0.2) is 22.3 Å². The van der Waals surface area contributed by atoms with Gasteiger partial charge in [-0.25, -0.2) is 0 Å². The third-order valence-electron chi connectivity index (χ3n) is 3.35. The summed E-state index contributed by atoms with van der Waals surface area (Å²) < 4.78 is 7.05. The Morgan fingerprint density at radius 3 is 2.62 bits per heavy atom. The summed E-state index contributed by atoms with van der Waals surface area (Å²) in [5.74, 6) is 0.782. The number of hydrogen-bond acceptors (Lipinski definition) is 3. The number of carbonyl (C=O) groups excluding carboxylic acids is 1. The molecule has 1 heterocycles. The van der Waals surface area contributed by atoms with Gasteiger partial charge in [0.2, 0.25) is 5.91 Å². The molecular formula is C16H21N3O2. The summed E-state index contributed by atoms with van der Waals surface area (Å²) in [6, 6.07) is 9.18. The van der Waals surface area contributed by atoms with Gasteiger partial charge in [0, 0.05) is 12.4 Å². The van der Waals surface area contributed by atoms with Gasteiger partial charge >= 0.3 is 0 Å². The van der Waals surface area contributed by atoms with Crippen molar-refractivity contribution in [2.75, 3.05) is 6.61 Å². The summed E-state index contributed by atoms with van der Waals surface area (Å²) in [7, 11) is 0. The number of nitrogens with one attached hydrogen (secondary N) is 1. The molecule has 0 saturated carbocycles. The molecule has 21 heavy (non-hydrogen) atoms. The lowest BCUT2D eigenvalue weighted by molar-refractivity contribution is -0.124. The van der Waals surface area contributed by atoms with E-state index in [2.05, 4.69) is 10.4 Å². The van der Waals surface area contributed by atoms with Crippen LogP contribution in [0.15, 0.2) is 42.7 Å². The van der Waals surface area contributed by atoms with Crippen LogP contribution < -0.4 is 10.1 Å². The number of benzene rings is 1. The van der Waals surface area contributed by atoms with Gasteiger partial charge in [-0.15, -0.1) is 0 Å². The Balaban J connectivity index is 1.97. The molecule has 0 unspecified atom stereocenters. The molecule has 0 radical (unpaired) electrons. The van der Waals surface area contributed by atoms with Crippen molar-refractivity contribution >= 4 is 5.91 Å². The Labute approximate surface area is 124 Å². The molecule has 2 aromatic rings. The minimum atomic E-state index is -0.329. The van der Waals surface area contributed by atoms with Crippen molar-refractivity contribution in [1.29, 1.82) is 0 Å². The third kappa shape index (κ3) is 3.84. The van der Waals surface area contributed by atoms with Gasteiger partial charge in [0.15, 0.2) is 0 Å². The molecule has 1 amide bonds. The second-order valence-corrected chi connectivity index (χ2v) is 4.89. The van der Waals surface area contributed by atoms with E-state index in [9.17, 15) is 4.79 Å². The van der Waals surface area contributed by atoms with E-state index >= 15 is 0 Å². The molecule has 1 aromatic heterocycles. The number of hydrogen-bond donors (Lipinski definition) is 1. The van der Waals surface area contributed by atoms with E-state index < -0.39 is 0 Å². The first-order valence-corrected chi connectivity index (χ1v) is 7.14. The van der Waals surface area contributed by atoms with Crippen molar-refractivity contribution in [1.82, 2.24) is 15.1 Å². The molecule has 5 nitrogen and oxygen atoms in total. The van der Waals surface area contributed by atoms with Crippen LogP contribution in [0, 0.1) is 0 Å². The highest BCUT2D eigenvalue weighted by atomic mass is 16.5. The average Bonchev–Trinajstić information content (AvgIpc) is 3.01. The van der Waals surface area contributed by atoms with Gasteiger partial charge in [0.25, 0.3) is 0 Å². The number of aromatic nitrogens is 2. The monoisotopic (exact) mass is 287 g/mol. The van der Waals surface area contributed by atoms with Crippen molar-refractivity contribution in [2.45, 2.75) is 32.9 Å². The molecule has 1 N–H and O–H groups in total. The van der Waals surface area contributed by atoms with E-state index in [0.29, 0.717) is 6.61 Å². The second-order valence-electron chi connectivity index (χ2n) is 4.89. The molecule has 0 aliphatic carbocycles. The van der Waals surface area contributed by atoms with Crippen molar-refractivity contribution in [3.63, 3.8) is 0 Å². The Morgan fingerprint density at radius 1 is 1.33 bits per heavy atom. The fourth-order valence-electron chi connectivity index (χ4n) is 2.07. The van der Waals surface area contributed by atoms with Gasteiger partial charge in [-0.2, -0.15) is 5.10 Å². The van der Waals surface area contributed by atoms with Crippen LogP contribution in [0.5, 0.6) is 5.75 Å². The van der Waals surface area contributed by atoms with Gasteiger partial charge in [0.1, 0.15) is 11.8 Å². The highest BCUT2D eigenvalue weighted by molar-refractivity contribution is 5.80. The van der Waals surface area contributed by atoms with E-state index in [1.165, 1.54) is 0 Å². The van der Waals surface area contributed by atoms with E-state index in [1.54, 1.807) is 23.1 Å². The molecule has 0 aliphatic rings. The number of carbonyl (C=O) groups is 1. The maximum Gasteiger partial charge on any atom is 0.245 e. The zero-order valence-electron chi connectivity index (χ0n) is 12.6. The summed E-state index contributed by atoms with van der Waals surface area (Å²) in [5.41, 5.74) is 1.04. The standard InChI is InChI=1S/C16H21N3O2/c1-4-21-15-8-6-14(7-9-15)12(2)18-16(20)13(3)19-11-5-10-17-19/h5-13H,4H2,1-3H3,(H,18,20)/t12-,13-/m1/s1. The van der Waals surface area contributed by atoms with Crippen LogP contribution in [0.3, 0.4) is 0 Å². The van der Waals surface area contributed by atoms with Crippen LogP contribution >= 0.6 is 0 Å². The summed E-state index contributed by atoms with van der Waals surface area (Å²) in [6.07, 6.45) is 3.45. The highest BCUT2D eigenvalue weighted by Gasteiger charge is 2.17. The molecule has 0 fully saturated rings. The first-order valence-electron chi connectivity index (χ1n) is 7.14. The number of nitrogens with zero attached hydrogens (tertiary/aromatic N) is 2. The first kappa shape index (κ1) is 15.1. The summed E-state index contributed by atoms with van der Waals surface area (Å²) in [4.78, 5) is 12.2. The topological polar surface area (TPSA) is 56.1 Å². The van der Waals surface area contributed by atoms with Gasteiger partial charge in [-0.1, -0.05) is 12.1 Å². The van der Waals surface area contributed by atoms with E-state index in [-0.39, 0.29) is 18.0 Å². The smallest absolute Gasteiger partial charge is 0.245 e. The van der Waals surface area contributed by atoms with Crippen LogP contribution in [0.2, 0.25) is 0 Å². The number of rotatable bonds is 6. The average molecular weight is 287 g/mol. The predicted molar refractivity (Wildman–Crippen MR) is 81.1 cm³/mol. The molecule has 5 heteroatoms. The van der Waals surface area contributed by atoms with E-state index in [1.807, 2.05) is 45.0 Å². The molecule has 0 saturated heterocycles. The Morgan fingerprint density at radius 2 is 2.05 bits per heavy atom. The van der Waals surface area contributed by atoms with Crippen LogP contribution in [0.1, 0.15) is 38.4 Å². The quantitative estimate of drug-likeness (QED) is 0.888. The highest BCUT2D eigenvalue weighted by Crippen LogP contribution is 2.18. The molecule has 0 spiro atoms. The minimum Gasteiger partial charge on any atom is -0.494 e. The largest absolute Gasteiger partial charge is 0.494 e. The Bertz CT molecular complexity index is 564. The molecule has 2 rings (SSSR count). The fourth-order valence-corrected chi connectivity index (χ4v) is 2.07. The lowest BCUT2D eigenvalue weighted by Gasteiger charge is -2.18.